The Labute approximate surface area is 99.2 Å². The molecule has 0 radical (unpaired) electrons. The van der Waals surface area contributed by atoms with Crippen LogP contribution in [-0.2, 0) is 4.74 Å². The molecule has 0 spiro atoms. The molecule has 0 saturated carbocycles. The van der Waals surface area contributed by atoms with Crippen molar-refractivity contribution in [3.8, 4) is 0 Å². The molecule has 1 aliphatic heterocycles. The molecule has 86 valence electrons. The highest BCUT2D eigenvalue weighted by atomic mass is 35.5. The smallest absolute Gasteiger partial charge is 0.272 e. The van der Waals surface area contributed by atoms with E-state index in [2.05, 4.69) is 4.98 Å². The Bertz CT molecular complexity index is 391. The first-order valence-corrected chi connectivity index (χ1v) is 5.53. The maximum atomic E-state index is 12.0. The zero-order chi connectivity index (χ0) is 11.5. The molecule has 1 aliphatic rings. The third-order valence-electron chi connectivity index (χ3n) is 2.71. The fraction of sp³-hybridized carbons (Fsp3) is 0.455. The lowest BCUT2D eigenvalue weighted by molar-refractivity contribution is 0.0705. The summed E-state index contributed by atoms with van der Waals surface area (Å²) in [5, 5.41) is 0.523. The lowest BCUT2D eigenvalue weighted by Crippen LogP contribution is -2.37. The van der Waals surface area contributed by atoms with Gasteiger partial charge in [-0.15, -0.1) is 0 Å². The Hall–Kier alpha value is -1.13. The van der Waals surface area contributed by atoms with Crippen molar-refractivity contribution in [3.63, 3.8) is 0 Å². The molecule has 0 N–H and O–H groups in total. The van der Waals surface area contributed by atoms with Crippen molar-refractivity contribution in [2.45, 2.75) is 12.5 Å². The van der Waals surface area contributed by atoms with Gasteiger partial charge in [0.2, 0.25) is 0 Å². The summed E-state index contributed by atoms with van der Waals surface area (Å²) in [6.45, 7) is 1.31. The minimum absolute atomic E-state index is 0.113. The molecule has 1 atom stereocenters. The quantitative estimate of drug-likeness (QED) is 0.789. The predicted molar refractivity (Wildman–Crippen MR) is 60.6 cm³/mol. The van der Waals surface area contributed by atoms with Gasteiger partial charge in [0, 0.05) is 24.9 Å². The Morgan fingerprint density at radius 2 is 2.50 bits per heavy atom. The summed E-state index contributed by atoms with van der Waals surface area (Å²) >= 11 is 5.82. The SMILES string of the molecule is CN(C(=O)c1cc(Cl)ccn1)C1CCOC1. The number of pyridine rings is 1. The topological polar surface area (TPSA) is 42.4 Å². The molecule has 0 bridgehead atoms. The number of nitrogens with zero attached hydrogens (tertiary/aromatic N) is 2. The van der Waals surface area contributed by atoms with Crippen LogP contribution in [0.1, 0.15) is 16.9 Å². The number of rotatable bonds is 2. The molecule has 0 aliphatic carbocycles. The predicted octanol–water partition coefficient (Wildman–Crippen LogP) is 1.60. The summed E-state index contributed by atoms with van der Waals surface area (Å²) in [5.41, 5.74) is 0.377. The van der Waals surface area contributed by atoms with Gasteiger partial charge in [-0.25, -0.2) is 0 Å². The second kappa shape index (κ2) is 4.80. The van der Waals surface area contributed by atoms with Gasteiger partial charge in [-0.2, -0.15) is 0 Å². The molecular weight excluding hydrogens is 228 g/mol. The fourth-order valence-corrected chi connectivity index (χ4v) is 1.86. The number of halogens is 1. The summed E-state index contributed by atoms with van der Waals surface area (Å²) in [7, 11) is 1.77. The van der Waals surface area contributed by atoms with Gasteiger partial charge < -0.3 is 9.64 Å². The average molecular weight is 241 g/mol. The Kier molecular flexibility index (Phi) is 3.41. The van der Waals surface area contributed by atoms with E-state index in [0.717, 1.165) is 6.42 Å². The number of carbonyl (C=O) groups is 1. The van der Waals surface area contributed by atoms with E-state index in [9.17, 15) is 4.79 Å². The fourth-order valence-electron chi connectivity index (χ4n) is 1.70. The minimum atomic E-state index is -0.113. The Balaban J connectivity index is 2.12. The van der Waals surface area contributed by atoms with Crippen LogP contribution in [0.15, 0.2) is 18.3 Å². The number of carbonyl (C=O) groups excluding carboxylic acids is 1. The van der Waals surface area contributed by atoms with Crippen LogP contribution in [0.25, 0.3) is 0 Å². The second-order valence-electron chi connectivity index (χ2n) is 3.79. The van der Waals surface area contributed by atoms with Gasteiger partial charge in [0.1, 0.15) is 5.69 Å². The van der Waals surface area contributed by atoms with Crippen molar-refractivity contribution < 1.29 is 9.53 Å². The van der Waals surface area contributed by atoms with Crippen molar-refractivity contribution >= 4 is 17.5 Å². The Morgan fingerprint density at radius 3 is 3.12 bits per heavy atom. The van der Waals surface area contributed by atoms with Crippen LogP contribution >= 0.6 is 11.6 Å². The molecule has 16 heavy (non-hydrogen) atoms. The number of aromatic nitrogens is 1. The minimum Gasteiger partial charge on any atom is -0.379 e. The molecule has 1 aromatic rings. The number of amides is 1. The maximum Gasteiger partial charge on any atom is 0.272 e. The monoisotopic (exact) mass is 240 g/mol. The van der Waals surface area contributed by atoms with E-state index in [1.54, 1.807) is 24.1 Å². The first-order valence-electron chi connectivity index (χ1n) is 5.15. The highest BCUT2D eigenvalue weighted by Crippen LogP contribution is 2.15. The number of hydrogen-bond donors (Lipinski definition) is 0. The van der Waals surface area contributed by atoms with Crippen LogP contribution in [0.4, 0.5) is 0 Å². The molecule has 0 aromatic carbocycles. The van der Waals surface area contributed by atoms with Gasteiger partial charge in [0.25, 0.3) is 5.91 Å². The van der Waals surface area contributed by atoms with Crippen molar-refractivity contribution in [1.82, 2.24) is 9.88 Å². The normalized spacial score (nSPS) is 19.8. The molecule has 1 amide bonds. The lowest BCUT2D eigenvalue weighted by atomic mass is 10.2. The number of ether oxygens (including phenoxy) is 1. The standard InChI is InChI=1S/C11H13ClN2O2/c1-14(9-3-5-16-7-9)11(15)10-6-8(12)2-4-13-10/h2,4,6,9H,3,5,7H2,1H3. The average Bonchev–Trinajstić information content (AvgIpc) is 2.80. The van der Waals surface area contributed by atoms with Gasteiger partial charge >= 0.3 is 0 Å². The van der Waals surface area contributed by atoms with E-state index in [-0.39, 0.29) is 11.9 Å². The van der Waals surface area contributed by atoms with Gasteiger partial charge in [-0.05, 0) is 18.6 Å². The van der Waals surface area contributed by atoms with Crippen LogP contribution < -0.4 is 0 Å². The van der Waals surface area contributed by atoms with Crippen molar-refractivity contribution in [2.24, 2.45) is 0 Å². The van der Waals surface area contributed by atoms with Gasteiger partial charge in [-0.3, -0.25) is 9.78 Å². The molecule has 1 aromatic heterocycles. The lowest BCUT2D eigenvalue weighted by Gasteiger charge is -2.22. The van der Waals surface area contributed by atoms with E-state index in [1.165, 1.54) is 6.20 Å². The summed E-state index contributed by atoms with van der Waals surface area (Å²) < 4.78 is 5.25. The molecule has 2 heterocycles. The molecule has 1 unspecified atom stereocenters. The summed E-state index contributed by atoms with van der Waals surface area (Å²) in [6, 6.07) is 3.38. The molecule has 1 saturated heterocycles. The van der Waals surface area contributed by atoms with E-state index in [4.69, 9.17) is 16.3 Å². The van der Waals surface area contributed by atoms with Crippen molar-refractivity contribution in [1.29, 1.82) is 0 Å². The second-order valence-corrected chi connectivity index (χ2v) is 4.23. The number of likely N-dealkylation sites (N-methyl/N-ethyl adjacent to an activating group) is 1. The van der Waals surface area contributed by atoms with E-state index < -0.39 is 0 Å². The largest absolute Gasteiger partial charge is 0.379 e. The zero-order valence-electron chi connectivity index (χ0n) is 9.02. The van der Waals surface area contributed by atoms with Crippen LogP contribution in [0.3, 0.4) is 0 Å². The third-order valence-corrected chi connectivity index (χ3v) is 2.95. The van der Waals surface area contributed by atoms with E-state index in [0.29, 0.717) is 23.9 Å². The van der Waals surface area contributed by atoms with Gasteiger partial charge in [0.15, 0.2) is 0 Å². The van der Waals surface area contributed by atoms with Crippen molar-refractivity contribution in [3.05, 3.63) is 29.0 Å². The summed E-state index contributed by atoms with van der Waals surface area (Å²) in [6.07, 6.45) is 2.41. The van der Waals surface area contributed by atoms with E-state index in [1.807, 2.05) is 0 Å². The van der Waals surface area contributed by atoms with Crippen LogP contribution in [0, 0.1) is 0 Å². The van der Waals surface area contributed by atoms with Crippen LogP contribution in [0.5, 0.6) is 0 Å². The Morgan fingerprint density at radius 1 is 1.69 bits per heavy atom. The first-order chi connectivity index (χ1) is 7.68. The first kappa shape index (κ1) is 11.4. The highest BCUT2D eigenvalue weighted by Gasteiger charge is 2.25. The van der Waals surface area contributed by atoms with Crippen LogP contribution in [0.2, 0.25) is 5.02 Å². The highest BCUT2D eigenvalue weighted by molar-refractivity contribution is 6.30. The third kappa shape index (κ3) is 2.33. The maximum absolute atomic E-state index is 12.0. The number of hydrogen-bond acceptors (Lipinski definition) is 3. The van der Waals surface area contributed by atoms with Gasteiger partial charge in [0.05, 0.1) is 12.6 Å². The van der Waals surface area contributed by atoms with E-state index >= 15 is 0 Å². The van der Waals surface area contributed by atoms with Gasteiger partial charge in [-0.1, -0.05) is 11.6 Å². The van der Waals surface area contributed by atoms with Crippen molar-refractivity contribution in [2.75, 3.05) is 20.3 Å². The molecule has 4 nitrogen and oxygen atoms in total. The summed E-state index contributed by atoms with van der Waals surface area (Å²) in [5.74, 6) is -0.113. The molecule has 2 rings (SSSR count). The molecule has 5 heteroatoms. The van der Waals surface area contributed by atoms with Crippen LogP contribution in [-0.4, -0.2) is 42.1 Å². The molecule has 1 fully saturated rings. The summed E-state index contributed by atoms with van der Waals surface area (Å²) in [4.78, 5) is 17.7. The zero-order valence-corrected chi connectivity index (χ0v) is 9.78. The molecular formula is C11H13ClN2O2.